The number of carbonyl (C=O) groups is 1. The minimum atomic E-state index is -0.396. The summed E-state index contributed by atoms with van der Waals surface area (Å²) in [5.41, 5.74) is 0.329. The lowest BCUT2D eigenvalue weighted by Gasteiger charge is -2.24. The maximum Gasteiger partial charge on any atom is 0.243 e. The Morgan fingerprint density at radius 2 is 1.95 bits per heavy atom. The van der Waals surface area contributed by atoms with Crippen LogP contribution in [0.2, 0.25) is 0 Å². The molecule has 0 N–H and O–H groups in total. The van der Waals surface area contributed by atoms with E-state index in [9.17, 15) is 9.18 Å². The Kier molecular flexibility index (Phi) is 4.03. The summed E-state index contributed by atoms with van der Waals surface area (Å²) in [5, 5.41) is 3.69. The highest BCUT2D eigenvalue weighted by Gasteiger charge is 2.19. The summed E-state index contributed by atoms with van der Waals surface area (Å²) in [6.07, 6.45) is 0. The van der Waals surface area contributed by atoms with E-state index >= 15 is 0 Å². The van der Waals surface area contributed by atoms with Gasteiger partial charge in [-0.2, -0.15) is 4.98 Å². The van der Waals surface area contributed by atoms with E-state index in [0.29, 0.717) is 31.2 Å². The largest absolute Gasteiger partial charge is 0.379 e. The van der Waals surface area contributed by atoms with Gasteiger partial charge >= 0.3 is 0 Å². The van der Waals surface area contributed by atoms with E-state index in [1.165, 1.54) is 24.3 Å². The van der Waals surface area contributed by atoms with Gasteiger partial charge in [0, 0.05) is 18.7 Å². The molecule has 1 aliphatic rings. The lowest BCUT2D eigenvalue weighted by molar-refractivity contribution is 0.0297. The summed E-state index contributed by atoms with van der Waals surface area (Å²) in [7, 11) is 0. The average Bonchev–Trinajstić information content (AvgIpc) is 2.97. The first-order valence-electron chi connectivity index (χ1n) is 6.65. The van der Waals surface area contributed by atoms with Gasteiger partial charge < -0.3 is 9.26 Å². The van der Waals surface area contributed by atoms with E-state index in [2.05, 4.69) is 15.0 Å². The molecule has 3 rings (SSSR count). The summed E-state index contributed by atoms with van der Waals surface area (Å²) in [6, 6.07) is 5.25. The molecule has 110 valence electrons. The Labute approximate surface area is 120 Å². The Balaban J connectivity index is 1.69. The van der Waals surface area contributed by atoms with Gasteiger partial charge in [-0.25, -0.2) is 4.39 Å². The van der Waals surface area contributed by atoms with Crippen molar-refractivity contribution >= 4 is 5.78 Å². The van der Waals surface area contributed by atoms with Crippen molar-refractivity contribution in [2.24, 2.45) is 0 Å². The van der Waals surface area contributed by atoms with Crippen LogP contribution in [0.4, 0.5) is 4.39 Å². The quantitative estimate of drug-likeness (QED) is 0.790. The number of nitrogens with zero attached hydrogens (tertiary/aromatic N) is 3. The van der Waals surface area contributed by atoms with Crippen LogP contribution in [-0.4, -0.2) is 47.1 Å². The molecule has 0 atom stereocenters. The molecule has 0 unspecified atom stereocenters. The van der Waals surface area contributed by atoms with Crippen LogP contribution < -0.4 is 0 Å². The number of halogens is 1. The van der Waals surface area contributed by atoms with Crippen LogP contribution in [0.5, 0.6) is 0 Å². The van der Waals surface area contributed by atoms with Crippen molar-refractivity contribution < 1.29 is 18.4 Å². The molecule has 0 radical (unpaired) electrons. The lowest BCUT2D eigenvalue weighted by atomic mass is 10.1. The van der Waals surface area contributed by atoms with E-state index in [-0.39, 0.29) is 11.6 Å². The molecule has 2 aromatic rings. The summed E-state index contributed by atoms with van der Waals surface area (Å²) in [5.74, 6) is -0.396. The van der Waals surface area contributed by atoms with Crippen LogP contribution in [-0.2, 0) is 11.3 Å². The normalized spacial score (nSPS) is 16.0. The minimum absolute atomic E-state index is 0.00938. The fourth-order valence-electron chi connectivity index (χ4n) is 2.09. The molecule has 1 saturated heterocycles. The highest BCUT2D eigenvalue weighted by molar-refractivity contribution is 6.06. The predicted molar refractivity (Wildman–Crippen MR) is 70.2 cm³/mol. The first kappa shape index (κ1) is 13.8. The van der Waals surface area contributed by atoms with Crippen LogP contribution in [0.1, 0.15) is 22.1 Å². The summed E-state index contributed by atoms with van der Waals surface area (Å²) in [4.78, 5) is 18.3. The monoisotopic (exact) mass is 291 g/mol. The maximum atomic E-state index is 12.8. The lowest BCUT2D eigenvalue weighted by Crippen LogP contribution is -2.35. The molecule has 0 spiro atoms. The highest BCUT2D eigenvalue weighted by atomic mass is 19.1. The van der Waals surface area contributed by atoms with Crippen LogP contribution in [0, 0.1) is 5.82 Å². The SMILES string of the molecule is O=C(c1ccc(F)cc1)c1noc(CN2CCOCC2)n1. The van der Waals surface area contributed by atoms with Crippen molar-refractivity contribution in [2.75, 3.05) is 26.3 Å². The summed E-state index contributed by atoms with van der Waals surface area (Å²) in [6.45, 7) is 3.44. The van der Waals surface area contributed by atoms with Crippen molar-refractivity contribution in [1.82, 2.24) is 15.0 Å². The molecule has 6 nitrogen and oxygen atoms in total. The van der Waals surface area contributed by atoms with Crippen molar-refractivity contribution in [1.29, 1.82) is 0 Å². The van der Waals surface area contributed by atoms with Crippen molar-refractivity contribution in [3.8, 4) is 0 Å². The molecule has 0 aliphatic carbocycles. The molecule has 7 heteroatoms. The summed E-state index contributed by atoms with van der Waals surface area (Å²) >= 11 is 0. The van der Waals surface area contributed by atoms with Crippen LogP contribution >= 0.6 is 0 Å². The zero-order valence-corrected chi connectivity index (χ0v) is 11.3. The third kappa shape index (κ3) is 3.32. The number of hydrogen-bond acceptors (Lipinski definition) is 6. The second-order valence-electron chi connectivity index (χ2n) is 4.74. The predicted octanol–water partition coefficient (Wildman–Crippen LogP) is 1.27. The van der Waals surface area contributed by atoms with Gasteiger partial charge in [-0.05, 0) is 24.3 Å². The van der Waals surface area contributed by atoms with Crippen LogP contribution in [0.25, 0.3) is 0 Å². The number of rotatable bonds is 4. The maximum absolute atomic E-state index is 12.8. The van der Waals surface area contributed by atoms with E-state index in [0.717, 1.165) is 13.1 Å². The zero-order chi connectivity index (χ0) is 14.7. The molecule has 1 aromatic carbocycles. The molecule has 1 fully saturated rings. The number of hydrogen-bond donors (Lipinski definition) is 0. The average molecular weight is 291 g/mol. The molecule has 0 saturated carbocycles. The Morgan fingerprint density at radius 1 is 1.24 bits per heavy atom. The highest BCUT2D eigenvalue weighted by Crippen LogP contribution is 2.10. The second-order valence-corrected chi connectivity index (χ2v) is 4.74. The van der Waals surface area contributed by atoms with Gasteiger partial charge in [0.05, 0.1) is 19.8 Å². The number of carbonyl (C=O) groups excluding carboxylic acids is 1. The third-order valence-corrected chi connectivity index (χ3v) is 3.24. The molecular weight excluding hydrogens is 277 g/mol. The van der Waals surface area contributed by atoms with Crippen LogP contribution in [0.15, 0.2) is 28.8 Å². The Morgan fingerprint density at radius 3 is 2.67 bits per heavy atom. The second kappa shape index (κ2) is 6.11. The summed E-state index contributed by atoms with van der Waals surface area (Å²) < 4.78 is 23.2. The molecular formula is C14H14FN3O3. The van der Waals surface area contributed by atoms with Gasteiger partial charge in [0.25, 0.3) is 0 Å². The Bertz CT molecular complexity index is 621. The minimum Gasteiger partial charge on any atom is -0.379 e. The standard InChI is InChI=1S/C14H14FN3O3/c15-11-3-1-10(2-4-11)13(19)14-16-12(21-17-14)9-18-5-7-20-8-6-18/h1-4H,5-9H2. The fraction of sp³-hybridized carbons (Fsp3) is 0.357. The smallest absolute Gasteiger partial charge is 0.243 e. The molecule has 21 heavy (non-hydrogen) atoms. The molecule has 2 heterocycles. The van der Waals surface area contributed by atoms with Crippen molar-refractivity contribution in [3.63, 3.8) is 0 Å². The van der Waals surface area contributed by atoms with Gasteiger partial charge in [0.2, 0.25) is 17.5 Å². The number of ether oxygens (including phenoxy) is 1. The van der Waals surface area contributed by atoms with E-state index in [4.69, 9.17) is 9.26 Å². The van der Waals surface area contributed by atoms with Gasteiger partial charge in [-0.3, -0.25) is 9.69 Å². The zero-order valence-electron chi connectivity index (χ0n) is 11.3. The van der Waals surface area contributed by atoms with E-state index in [1.54, 1.807) is 0 Å². The van der Waals surface area contributed by atoms with Gasteiger partial charge in [-0.15, -0.1) is 0 Å². The van der Waals surface area contributed by atoms with Gasteiger partial charge in [-0.1, -0.05) is 5.16 Å². The molecule has 1 aromatic heterocycles. The first-order valence-corrected chi connectivity index (χ1v) is 6.65. The Hall–Kier alpha value is -2.12. The third-order valence-electron chi connectivity index (χ3n) is 3.24. The number of aromatic nitrogens is 2. The molecule has 0 amide bonds. The number of morpholine rings is 1. The number of benzene rings is 1. The first-order chi connectivity index (χ1) is 10.2. The topological polar surface area (TPSA) is 68.5 Å². The molecule has 1 aliphatic heterocycles. The van der Waals surface area contributed by atoms with E-state index in [1.807, 2.05) is 0 Å². The van der Waals surface area contributed by atoms with Gasteiger partial charge in [0.15, 0.2) is 0 Å². The van der Waals surface area contributed by atoms with Crippen molar-refractivity contribution in [2.45, 2.75) is 6.54 Å². The fourth-order valence-corrected chi connectivity index (χ4v) is 2.09. The van der Waals surface area contributed by atoms with Gasteiger partial charge in [0.1, 0.15) is 5.82 Å². The number of ketones is 1. The van der Waals surface area contributed by atoms with E-state index < -0.39 is 5.82 Å². The van der Waals surface area contributed by atoms with Crippen molar-refractivity contribution in [3.05, 3.63) is 47.4 Å². The van der Waals surface area contributed by atoms with Crippen LogP contribution in [0.3, 0.4) is 0 Å². The molecule has 0 bridgehead atoms.